The first-order valence-corrected chi connectivity index (χ1v) is 12.5. The van der Waals surface area contributed by atoms with Crippen LogP contribution in [0, 0.1) is 5.92 Å². The minimum absolute atomic E-state index is 0.255. The number of unbranched alkanes of at least 4 members (excludes halogenated alkanes) is 1. The highest BCUT2D eigenvalue weighted by Crippen LogP contribution is 2.31. The summed E-state index contributed by atoms with van der Waals surface area (Å²) in [5.41, 5.74) is -0.764. The average Bonchev–Trinajstić information content (AvgIpc) is 2.95. The SMILES string of the molecule is CCCCC1CCN[C@H](C(=O)N[C@H](C(Cl)Cl)[C@H]2O[C@@H](SC)[C@@H](O)[C@@H](O)[C@H]2O)CC1. The zero-order valence-corrected chi connectivity index (χ0v) is 19.3. The van der Waals surface area contributed by atoms with Crippen LogP contribution in [-0.4, -0.2) is 80.8 Å². The Bertz CT molecular complexity index is 517. The second kappa shape index (κ2) is 12.3. The van der Waals surface area contributed by atoms with Crippen LogP contribution in [-0.2, 0) is 9.53 Å². The lowest BCUT2D eigenvalue weighted by atomic mass is 9.93. The van der Waals surface area contributed by atoms with Gasteiger partial charge >= 0.3 is 0 Å². The Balaban J connectivity index is 2.01. The summed E-state index contributed by atoms with van der Waals surface area (Å²) < 4.78 is 5.73. The van der Waals surface area contributed by atoms with E-state index in [9.17, 15) is 20.1 Å². The average molecular weight is 473 g/mol. The van der Waals surface area contributed by atoms with Crippen molar-refractivity contribution >= 4 is 40.9 Å². The molecule has 0 radical (unpaired) electrons. The first-order valence-electron chi connectivity index (χ1n) is 10.3. The van der Waals surface area contributed by atoms with Crippen molar-refractivity contribution in [2.45, 2.75) is 92.2 Å². The van der Waals surface area contributed by atoms with Crippen LogP contribution in [0.3, 0.4) is 0 Å². The van der Waals surface area contributed by atoms with Crippen LogP contribution >= 0.6 is 35.0 Å². The van der Waals surface area contributed by atoms with Gasteiger partial charge in [0.1, 0.15) is 34.7 Å². The number of aliphatic hydroxyl groups is 3. The van der Waals surface area contributed by atoms with E-state index in [2.05, 4.69) is 17.6 Å². The molecule has 0 bridgehead atoms. The van der Waals surface area contributed by atoms with Gasteiger partial charge in [0.05, 0.1) is 12.1 Å². The molecule has 0 aliphatic carbocycles. The van der Waals surface area contributed by atoms with Gasteiger partial charge in [0.15, 0.2) is 0 Å². The fraction of sp³-hybridized carbons (Fsp3) is 0.947. The smallest absolute Gasteiger partial charge is 0.237 e. The number of thioether (sulfide) groups is 1. The molecule has 29 heavy (non-hydrogen) atoms. The van der Waals surface area contributed by atoms with Crippen LogP contribution in [0.1, 0.15) is 45.4 Å². The maximum Gasteiger partial charge on any atom is 0.237 e. The van der Waals surface area contributed by atoms with Crippen molar-refractivity contribution in [1.82, 2.24) is 10.6 Å². The van der Waals surface area contributed by atoms with E-state index >= 15 is 0 Å². The lowest BCUT2D eigenvalue weighted by Gasteiger charge is -2.43. The maximum atomic E-state index is 12.9. The number of carbonyl (C=O) groups excluding carboxylic acids is 1. The second-order valence-corrected chi connectivity index (χ2v) is 10.0. The minimum atomic E-state index is -1.43. The molecule has 170 valence electrons. The Morgan fingerprint density at radius 1 is 1.21 bits per heavy atom. The van der Waals surface area contributed by atoms with Gasteiger partial charge in [-0.25, -0.2) is 0 Å². The molecule has 7 nitrogen and oxygen atoms in total. The Morgan fingerprint density at radius 3 is 2.55 bits per heavy atom. The van der Waals surface area contributed by atoms with Crippen LogP contribution in [0.2, 0.25) is 0 Å². The molecule has 2 aliphatic heterocycles. The van der Waals surface area contributed by atoms with Crippen molar-refractivity contribution in [3.8, 4) is 0 Å². The third-order valence-electron chi connectivity index (χ3n) is 5.86. The van der Waals surface area contributed by atoms with Gasteiger partial charge < -0.3 is 30.7 Å². The maximum absolute atomic E-state index is 12.9. The van der Waals surface area contributed by atoms with Crippen molar-refractivity contribution in [3.05, 3.63) is 0 Å². The number of aliphatic hydroxyl groups excluding tert-OH is 3. The summed E-state index contributed by atoms with van der Waals surface area (Å²) in [6, 6.07) is -1.30. The van der Waals surface area contributed by atoms with E-state index in [0.29, 0.717) is 12.3 Å². The standard InChI is InChI=1S/C19H34Cl2N2O5S/c1-3-4-5-10-6-7-11(22-9-8-10)18(27)23-12(17(20)21)16-14(25)13(24)15(26)19(28-16)29-2/h10-17,19,22,24-26H,3-9H2,1-2H3,(H,23,27)/t10?,11-,12-,13-,14+,15-,16+,19-/m0/s1. The summed E-state index contributed by atoms with van der Waals surface area (Å²) in [7, 11) is 0. The Morgan fingerprint density at radius 2 is 1.93 bits per heavy atom. The number of rotatable bonds is 8. The molecule has 0 aromatic carbocycles. The number of nitrogens with one attached hydrogen (secondary N) is 2. The van der Waals surface area contributed by atoms with Crippen molar-refractivity contribution in [2.24, 2.45) is 5.92 Å². The van der Waals surface area contributed by atoms with Crippen molar-refractivity contribution in [3.63, 3.8) is 0 Å². The second-order valence-electron chi connectivity index (χ2n) is 7.93. The molecule has 2 fully saturated rings. The third kappa shape index (κ3) is 6.84. The number of carbonyl (C=O) groups is 1. The molecule has 1 amide bonds. The highest BCUT2D eigenvalue weighted by molar-refractivity contribution is 7.99. The van der Waals surface area contributed by atoms with Gasteiger partial charge in [-0.05, 0) is 38.0 Å². The Labute approximate surface area is 187 Å². The molecule has 5 N–H and O–H groups in total. The number of amides is 1. The molecule has 0 aromatic heterocycles. The molecular formula is C19H34Cl2N2O5S. The normalized spacial score (nSPS) is 37.2. The first-order chi connectivity index (χ1) is 13.8. The number of halogens is 2. The summed E-state index contributed by atoms with van der Waals surface area (Å²) in [4.78, 5) is 11.8. The van der Waals surface area contributed by atoms with Crippen LogP contribution in [0.25, 0.3) is 0 Å². The molecule has 2 aliphatic rings. The van der Waals surface area contributed by atoms with E-state index in [1.165, 1.54) is 31.0 Å². The zero-order chi connectivity index (χ0) is 21.6. The molecule has 8 atom stereocenters. The molecule has 0 aromatic rings. The number of alkyl halides is 2. The summed E-state index contributed by atoms with van der Waals surface area (Å²) in [6.45, 7) is 2.95. The highest BCUT2D eigenvalue weighted by atomic mass is 35.5. The van der Waals surface area contributed by atoms with Gasteiger partial charge in [0.2, 0.25) is 5.91 Å². The minimum Gasteiger partial charge on any atom is -0.388 e. The molecule has 2 heterocycles. The lowest BCUT2D eigenvalue weighted by Crippen LogP contribution is -2.65. The highest BCUT2D eigenvalue weighted by Gasteiger charge is 2.48. The van der Waals surface area contributed by atoms with E-state index < -0.39 is 40.7 Å². The van der Waals surface area contributed by atoms with Gasteiger partial charge in [0.25, 0.3) is 0 Å². The fourth-order valence-electron chi connectivity index (χ4n) is 4.03. The molecular weight excluding hydrogens is 439 g/mol. The van der Waals surface area contributed by atoms with E-state index in [4.69, 9.17) is 27.9 Å². The van der Waals surface area contributed by atoms with Crippen molar-refractivity contribution in [2.75, 3.05) is 12.8 Å². The predicted octanol–water partition coefficient (Wildman–Crippen LogP) is 1.39. The van der Waals surface area contributed by atoms with E-state index in [0.717, 1.165) is 19.4 Å². The monoisotopic (exact) mass is 472 g/mol. The summed E-state index contributed by atoms with van der Waals surface area (Å²) in [6.07, 6.45) is 2.85. The van der Waals surface area contributed by atoms with Crippen LogP contribution in [0.4, 0.5) is 0 Å². The lowest BCUT2D eigenvalue weighted by molar-refractivity contribution is -0.204. The fourth-order valence-corrected chi connectivity index (χ4v) is 5.13. The summed E-state index contributed by atoms with van der Waals surface area (Å²) in [5.74, 6) is 0.363. The molecule has 2 rings (SSSR count). The first kappa shape index (κ1) is 25.5. The Kier molecular flexibility index (Phi) is 10.8. The van der Waals surface area contributed by atoms with E-state index in [-0.39, 0.29) is 11.9 Å². The predicted molar refractivity (Wildman–Crippen MR) is 116 cm³/mol. The quantitative estimate of drug-likeness (QED) is 0.339. The number of ether oxygens (including phenoxy) is 1. The Hall–Kier alpha value is 0.200. The van der Waals surface area contributed by atoms with Gasteiger partial charge in [0, 0.05) is 0 Å². The van der Waals surface area contributed by atoms with E-state index in [1.54, 1.807) is 6.26 Å². The largest absolute Gasteiger partial charge is 0.388 e. The van der Waals surface area contributed by atoms with Crippen molar-refractivity contribution in [1.29, 1.82) is 0 Å². The number of hydrogen-bond donors (Lipinski definition) is 5. The van der Waals surface area contributed by atoms with Gasteiger partial charge in [-0.2, -0.15) is 0 Å². The van der Waals surface area contributed by atoms with Gasteiger partial charge in [-0.3, -0.25) is 4.79 Å². The third-order valence-corrected chi connectivity index (χ3v) is 7.26. The topological polar surface area (TPSA) is 111 Å². The molecule has 2 saturated heterocycles. The van der Waals surface area contributed by atoms with Crippen LogP contribution < -0.4 is 10.6 Å². The van der Waals surface area contributed by atoms with Crippen molar-refractivity contribution < 1.29 is 24.9 Å². The molecule has 10 heteroatoms. The van der Waals surface area contributed by atoms with E-state index in [1.807, 2.05) is 0 Å². The van der Waals surface area contributed by atoms with Gasteiger partial charge in [-0.1, -0.05) is 26.2 Å². The molecule has 0 saturated carbocycles. The summed E-state index contributed by atoms with van der Waals surface area (Å²) >= 11 is 13.4. The van der Waals surface area contributed by atoms with Crippen LogP contribution in [0.5, 0.6) is 0 Å². The van der Waals surface area contributed by atoms with Crippen LogP contribution in [0.15, 0.2) is 0 Å². The molecule has 0 spiro atoms. The number of hydrogen-bond acceptors (Lipinski definition) is 7. The molecule has 1 unspecified atom stereocenters. The van der Waals surface area contributed by atoms with Gasteiger partial charge in [-0.15, -0.1) is 35.0 Å². The summed E-state index contributed by atoms with van der Waals surface area (Å²) in [5, 5.41) is 36.7. The zero-order valence-electron chi connectivity index (χ0n) is 17.0.